The fourth-order valence-corrected chi connectivity index (χ4v) is 2.20. The molecular formula is C14H29NO. The predicted octanol–water partition coefficient (Wildman–Crippen LogP) is 3.61. The molecule has 0 aromatic rings. The van der Waals surface area contributed by atoms with E-state index in [4.69, 9.17) is 0 Å². The van der Waals surface area contributed by atoms with Gasteiger partial charge in [-0.15, -0.1) is 0 Å². The summed E-state index contributed by atoms with van der Waals surface area (Å²) in [4.78, 5) is 12.4. The van der Waals surface area contributed by atoms with Crippen LogP contribution in [0.1, 0.15) is 61.3 Å². The fraction of sp³-hybridized carbons (Fsp3) is 0.929. The standard InChI is InChI=1S/C14H29NO/c1-8-11(5)14(7,12(6)9-2)13(16)15-10(3)4/h10-12H,8-9H2,1-7H3,(H,15,16). The van der Waals surface area contributed by atoms with Crippen LogP contribution in [0.3, 0.4) is 0 Å². The van der Waals surface area contributed by atoms with Crippen molar-refractivity contribution in [2.24, 2.45) is 17.3 Å². The van der Waals surface area contributed by atoms with Crippen LogP contribution in [0.2, 0.25) is 0 Å². The number of hydrogen-bond donors (Lipinski definition) is 1. The predicted molar refractivity (Wildman–Crippen MR) is 70.3 cm³/mol. The first-order chi connectivity index (χ1) is 7.30. The van der Waals surface area contributed by atoms with E-state index in [1.165, 1.54) is 0 Å². The van der Waals surface area contributed by atoms with Crippen molar-refractivity contribution in [2.75, 3.05) is 0 Å². The second-order valence-electron chi connectivity index (χ2n) is 5.53. The third kappa shape index (κ3) is 3.23. The molecule has 0 radical (unpaired) electrons. The number of amides is 1. The summed E-state index contributed by atoms with van der Waals surface area (Å²) < 4.78 is 0. The molecule has 2 atom stereocenters. The third-order valence-electron chi connectivity index (χ3n) is 4.18. The average Bonchev–Trinajstić information content (AvgIpc) is 2.24. The molecule has 0 aliphatic rings. The molecule has 0 rings (SSSR count). The molecule has 0 aromatic carbocycles. The van der Waals surface area contributed by atoms with Crippen LogP contribution >= 0.6 is 0 Å². The Morgan fingerprint density at radius 1 is 1.06 bits per heavy atom. The van der Waals surface area contributed by atoms with E-state index in [9.17, 15) is 4.79 Å². The van der Waals surface area contributed by atoms with Crippen molar-refractivity contribution in [3.05, 3.63) is 0 Å². The van der Waals surface area contributed by atoms with Crippen molar-refractivity contribution in [1.29, 1.82) is 0 Å². The van der Waals surface area contributed by atoms with Crippen molar-refractivity contribution in [1.82, 2.24) is 5.32 Å². The van der Waals surface area contributed by atoms with Crippen molar-refractivity contribution < 1.29 is 4.79 Å². The van der Waals surface area contributed by atoms with Crippen LogP contribution in [0.4, 0.5) is 0 Å². The van der Waals surface area contributed by atoms with Crippen molar-refractivity contribution >= 4 is 5.91 Å². The van der Waals surface area contributed by atoms with Gasteiger partial charge in [0.15, 0.2) is 0 Å². The second kappa shape index (κ2) is 6.27. The van der Waals surface area contributed by atoms with E-state index < -0.39 is 0 Å². The Balaban J connectivity index is 4.99. The molecule has 16 heavy (non-hydrogen) atoms. The monoisotopic (exact) mass is 227 g/mol. The highest BCUT2D eigenvalue weighted by Crippen LogP contribution is 2.39. The molecule has 2 heteroatoms. The van der Waals surface area contributed by atoms with Crippen LogP contribution in [0, 0.1) is 17.3 Å². The Morgan fingerprint density at radius 2 is 1.44 bits per heavy atom. The van der Waals surface area contributed by atoms with Crippen LogP contribution in [0.5, 0.6) is 0 Å². The minimum Gasteiger partial charge on any atom is -0.353 e. The van der Waals surface area contributed by atoms with Gasteiger partial charge in [-0.3, -0.25) is 4.79 Å². The number of carbonyl (C=O) groups excluding carboxylic acids is 1. The van der Waals surface area contributed by atoms with Gasteiger partial charge in [0.05, 0.1) is 5.41 Å². The Morgan fingerprint density at radius 3 is 1.69 bits per heavy atom. The summed E-state index contributed by atoms with van der Waals surface area (Å²) in [6.07, 6.45) is 2.10. The van der Waals surface area contributed by atoms with E-state index in [2.05, 4.69) is 39.9 Å². The molecule has 96 valence electrons. The Kier molecular flexibility index (Phi) is 6.06. The lowest BCUT2D eigenvalue weighted by Crippen LogP contribution is -2.49. The summed E-state index contributed by atoms with van der Waals surface area (Å²) in [6.45, 7) is 14.9. The number of hydrogen-bond acceptors (Lipinski definition) is 1. The van der Waals surface area contributed by atoms with Gasteiger partial charge in [0.2, 0.25) is 5.91 Å². The van der Waals surface area contributed by atoms with Crippen LogP contribution in [0.15, 0.2) is 0 Å². The molecule has 0 saturated heterocycles. The molecule has 2 unspecified atom stereocenters. The lowest BCUT2D eigenvalue weighted by atomic mass is 9.66. The number of carbonyl (C=O) groups is 1. The molecule has 0 spiro atoms. The zero-order chi connectivity index (χ0) is 12.9. The summed E-state index contributed by atoms with van der Waals surface area (Å²) in [5.74, 6) is 1.05. The summed E-state index contributed by atoms with van der Waals surface area (Å²) in [5, 5.41) is 3.07. The van der Waals surface area contributed by atoms with Gasteiger partial charge in [0.1, 0.15) is 0 Å². The maximum atomic E-state index is 12.4. The van der Waals surface area contributed by atoms with Crippen LogP contribution in [0.25, 0.3) is 0 Å². The summed E-state index contributed by atoms with van der Waals surface area (Å²) in [6, 6.07) is 0.222. The summed E-state index contributed by atoms with van der Waals surface area (Å²) >= 11 is 0. The molecule has 0 heterocycles. The molecule has 1 amide bonds. The largest absolute Gasteiger partial charge is 0.353 e. The van der Waals surface area contributed by atoms with Crippen LogP contribution < -0.4 is 5.32 Å². The van der Waals surface area contributed by atoms with Crippen LogP contribution in [-0.2, 0) is 4.79 Å². The van der Waals surface area contributed by atoms with Gasteiger partial charge in [0.25, 0.3) is 0 Å². The Hall–Kier alpha value is -0.530. The van der Waals surface area contributed by atoms with Crippen LogP contribution in [-0.4, -0.2) is 11.9 Å². The topological polar surface area (TPSA) is 29.1 Å². The first-order valence-corrected chi connectivity index (χ1v) is 6.61. The van der Waals surface area contributed by atoms with E-state index in [0.717, 1.165) is 12.8 Å². The van der Waals surface area contributed by atoms with Gasteiger partial charge < -0.3 is 5.32 Å². The minimum absolute atomic E-state index is 0.214. The first kappa shape index (κ1) is 15.5. The zero-order valence-electron chi connectivity index (χ0n) is 12.1. The van der Waals surface area contributed by atoms with Gasteiger partial charge in [0, 0.05) is 6.04 Å². The molecule has 0 bridgehead atoms. The molecule has 2 nitrogen and oxygen atoms in total. The number of nitrogens with one attached hydrogen (secondary N) is 1. The SMILES string of the molecule is CCC(C)C(C)(C(=O)NC(C)C)C(C)CC. The lowest BCUT2D eigenvalue weighted by Gasteiger charge is -2.39. The Labute approximate surface area is 101 Å². The van der Waals surface area contributed by atoms with Gasteiger partial charge in [-0.05, 0) is 25.7 Å². The molecular weight excluding hydrogens is 198 g/mol. The van der Waals surface area contributed by atoms with Crippen molar-refractivity contribution in [3.63, 3.8) is 0 Å². The van der Waals surface area contributed by atoms with E-state index in [0.29, 0.717) is 11.8 Å². The van der Waals surface area contributed by atoms with Gasteiger partial charge >= 0.3 is 0 Å². The summed E-state index contributed by atoms with van der Waals surface area (Å²) in [7, 11) is 0. The number of rotatable bonds is 6. The van der Waals surface area contributed by atoms with E-state index in [1.807, 2.05) is 13.8 Å². The highest BCUT2D eigenvalue weighted by atomic mass is 16.2. The van der Waals surface area contributed by atoms with Gasteiger partial charge in [-0.2, -0.15) is 0 Å². The highest BCUT2D eigenvalue weighted by Gasteiger charge is 2.41. The highest BCUT2D eigenvalue weighted by molar-refractivity contribution is 5.83. The average molecular weight is 227 g/mol. The minimum atomic E-state index is -0.242. The summed E-state index contributed by atoms with van der Waals surface area (Å²) in [5.41, 5.74) is -0.242. The molecule has 1 N–H and O–H groups in total. The second-order valence-corrected chi connectivity index (χ2v) is 5.53. The van der Waals surface area contributed by atoms with Crippen molar-refractivity contribution in [3.8, 4) is 0 Å². The smallest absolute Gasteiger partial charge is 0.226 e. The maximum Gasteiger partial charge on any atom is 0.226 e. The quantitative estimate of drug-likeness (QED) is 0.738. The molecule has 0 aliphatic carbocycles. The van der Waals surface area contributed by atoms with E-state index in [1.54, 1.807) is 0 Å². The molecule has 0 saturated carbocycles. The first-order valence-electron chi connectivity index (χ1n) is 6.61. The van der Waals surface area contributed by atoms with Gasteiger partial charge in [-0.1, -0.05) is 47.5 Å². The van der Waals surface area contributed by atoms with E-state index >= 15 is 0 Å². The molecule has 0 fully saturated rings. The lowest BCUT2D eigenvalue weighted by molar-refractivity contribution is -0.137. The van der Waals surface area contributed by atoms with Crippen molar-refractivity contribution in [2.45, 2.75) is 67.3 Å². The van der Waals surface area contributed by atoms with Gasteiger partial charge in [-0.25, -0.2) is 0 Å². The normalized spacial score (nSPS) is 19.0. The Bertz CT molecular complexity index is 213. The maximum absolute atomic E-state index is 12.4. The third-order valence-corrected chi connectivity index (χ3v) is 4.18. The fourth-order valence-electron chi connectivity index (χ4n) is 2.20. The molecule has 0 aromatic heterocycles. The molecule has 0 aliphatic heterocycles. The zero-order valence-corrected chi connectivity index (χ0v) is 12.1. The van der Waals surface area contributed by atoms with E-state index in [-0.39, 0.29) is 17.4 Å².